The van der Waals surface area contributed by atoms with Crippen LogP contribution in [-0.4, -0.2) is 42.1 Å². The van der Waals surface area contributed by atoms with Gasteiger partial charge in [0.1, 0.15) is 0 Å². The summed E-state index contributed by atoms with van der Waals surface area (Å²) >= 11 is 0. The number of hydrogen-bond acceptors (Lipinski definition) is 3. The molecule has 0 heterocycles. The molecule has 7 nitrogen and oxygen atoms in total. The van der Waals surface area contributed by atoms with Crippen molar-refractivity contribution < 1.29 is 19.5 Å². The molecule has 0 aromatic rings. The van der Waals surface area contributed by atoms with Gasteiger partial charge in [0.2, 0.25) is 5.91 Å². The highest BCUT2D eigenvalue weighted by Crippen LogP contribution is 2.03. The SMILES string of the molecule is CC(CCC(=O)O)CNC(=O)NCC(=O)NC(C)C. The molecule has 0 spiro atoms. The largest absolute Gasteiger partial charge is 0.481 e. The van der Waals surface area contributed by atoms with E-state index in [1.807, 2.05) is 20.8 Å². The molecule has 0 fully saturated rings. The van der Waals surface area contributed by atoms with Gasteiger partial charge in [-0.05, 0) is 26.2 Å². The molecule has 7 heteroatoms. The van der Waals surface area contributed by atoms with Crippen LogP contribution in [0.15, 0.2) is 0 Å². The van der Waals surface area contributed by atoms with Crippen LogP contribution in [0.2, 0.25) is 0 Å². The summed E-state index contributed by atoms with van der Waals surface area (Å²) in [6, 6.07) is -0.394. The molecule has 0 saturated heterocycles. The number of aliphatic carboxylic acids is 1. The van der Waals surface area contributed by atoms with Gasteiger partial charge in [-0.25, -0.2) is 4.79 Å². The molecule has 0 aliphatic rings. The third-order valence-corrected chi connectivity index (χ3v) is 2.32. The normalized spacial score (nSPS) is 11.8. The predicted octanol–water partition coefficient (Wildman–Crippen LogP) is 0.311. The van der Waals surface area contributed by atoms with Crippen molar-refractivity contribution in [3.8, 4) is 0 Å². The first-order valence-electron chi connectivity index (χ1n) is 6.34. The topological polar surface area (TPSA) is 108 Å². The van der Waals surface area contributed by atoms with Crippen molar-refractivity contribution in [3.63, 3.8) is 0 Å². The Balaban J connectivity index is 3.69. The number of nitrogens with one attached hydrogen (secondary N) is 3. The number of carboxylic acids is 1. The first-order valence-corrected chi connectivity index (χ1v) is 6.34. The summed E-state index contributed by atoms with van der Waals surface area (Å²) in [6.45, 7) is 5.83. The summed E-state index contributed by atoms with van der Waals surface area (Å²) in [6.07, 6.45) is 0.588. The number of carbonyl (C=O) groups is 3. The van der Waals surface area contributed by atoms with E-state index in [1.54, 1.807) is 0 Å². The highest BCUT2D eigenvalue weighted by atomic mass is 16.4. The van der Waals surface area contributed by atoms with Crippen LogP contribution in [0.3, 0.4) is 0 Å². The Labute approximate surface area is 113 Å². The third kappa shape index (κ3) is 11.1. The van der Waals surface area contributed by atoms with E-state index >= 15 is 0 Å². The molecular formula is C12H23N3O4. The lowest BCUT2D eigenvalue weighted by atomic mass is 10.1. The van der Waals surface area contributed by atoms with Crippen LogP contribution in [0.1, 0.15) is 33.6 Å². The number of rotatable bonds is 8. The summed E-state index contributed by atoms with van der Waals surface area (Å²) in [5.74, 6) is -1.02. The maximum atomic E-state index is 11.4. The van der Waals surface area contributed by atoms with Crippen molar-refractivity contribution in [3.05, 3.63) is 0 Å². The quantitative estimate of drug-likeness (QED) is 0.510. The van der Waals surface area contributed by atoms with Crippen molar-refractivity contribution in [1.29, 1.82) is 0 Å². The van der Waals surface area contributed by atoms with Crippen molar-refractivity contribution >= 4 is 17.9 Å². The van der Waals surface area contributed by atoms with E-state index in [0.29, 0.717) is 13.0 Å². The number of urea groups is 1. The predicted molar refractivity (Wildman–Crippen MR) is 70.7 cm³/mol. The Bertz CT molecular complexity index is 318. The smallest absolute Gasteiger partial charge is 0.315 e. The zero-order valence-corrected chi connectivity index (χ0v) is 11.7. The van der Waals surface area contributed by atoms with Gasteiger partial charge in [-0.15, -0.1) is 0 Å². The highest BCUT2D eigenvalue weighted by molar-refractivity contribution is 5.83. The van der Waals surface area contributed by atoms with Gasteiger partial charge in [0, 0.05) is 19.0 Å². The van der Waals surface area contributed by atoms with Crippen LogP contribution < -0.4 is 16.0 Å². The van der Waals surface area contributed by atoms with Gasteiger partial charge in [-0.2, -0.15) is 0 Å². The first kappa shape index (κ1) is 17.2. The Morgan fingerprint density at radius 2 is 1.74 bits per heavy atom. The first-order chi connectivity index (χ1) is 8.81. The molecule has 0 radical (unpaired) electrons. The van der Waals surface area contributed by atoms with E-state index in [4.69, 9.17) is 5.11 Å². The lowest BCUT2D eigenvalue weighted by molar-refractivity contribution is -0.137. The van der Waals surface area contributed by atoms with Crippen molar-refractivity contribution in [2.45, 2.75) is 39.7 Å². The maximum absolute atomic E-state index is 11.4. The molecule has 0 aromatic carbocycles. The van der Waals surface area contributed by atoms with E-state index in [0.717, 1.165) is 0 Å². The van der Waals surface area contributed by atoms with E-state index in [9.17, 15) is 14.4 Å². The van der Waals surface area contributed by atoms with Crippen molar-refractivity contribution in [1.82, 2.24) is 16.0 Å². The molecule has 0 bridgehead atoms. The average molecular weight is 273 g/mol. The van der Waals surface area contributed by atoms with Crippen LogP contribution in [0, 0.1) is 5.92 Å². The molecule has 0 rings (SSSR count). The molecule has 0 aromatic heterocycles. The van der Waals surface area contributed by atoms with Crippen molar-refractivity contribution in [2.24, 2.45) is 5.92 Å². The fourth-order valence-corrected chi connectivity index (χ4v) is 1.33. The van der Waals surface area contributed by atoms with E-state index in [2.05, 4.69) is 16.0 Å². The summed E-state index contributed by atoms with van der Waals surface area (Å²) in [4.78, 5) is 33.0. The zero-order valence-electron chi connectivity index (χ0n) is 11.7. The second-order valence-electron chi connectivity index (χ2n) is 4.82. The molecule has 19 heavy (non-hydrogen) atoms. The number of carboxylic acid groups (broad SMARTS) is 1. The molecular weight excluding hydrogens is 250 g/mol. The summed E-state index contributed by atoms with van der Waals surface area (Å²) in [5.41, 5.74) is 0. The minimum absolute atomic E-state index is 0.0356. The molecule has 3 amide bonds. The minimum atomic E-state index is -0.846. The average Bonchev–Trinajstić information content (AvgIpc) is 2.30. The van der Waals surface area contributed by atoms with Crippen LogP contribution in [-0.2, 0) is 9.59 Å². The van der Waals surface area contributed by atoms with E-state index < -0.39 is 12.0 Å². The Hall–Kier alpha value is -1.79. The van der Waals surface area contributed by atoms with E-state index in [1.165, 1.54) is 0 Å². The second kappa shape index (κ2) is 9.18. The monoisotopic (exact) mass is 273 g/mol. The zero-order chi connectivity index (χ0) is 14.8. The van der Waals surface area contributed by atoms with Gasteiger partial charge in [0.15, 0.2) is 0 Å². The molecule has 1 unspecified atom stereocenters. The maximum Gasteiger partial charge on any atom is 0.315 e. The molecule has 0 aliphatic heterocycles. The van der Waals surface area contributed by atoms with Crippen LogP contribution in [0.5, 0.6) is 0 Å². The Morgan fingerprint density at radius 1 is 1.11 bits per heavy atom. The van der Waals surface area contributed by atoms with Gasteiger partial charge < -0.3 is 21.1 Å². The number of carbonyl (C=O) groups excluding carboxylic acids is 2. The van der Waals surface area contributed by atoms with Gasteiger partial charge in [-0.3, -0.25) is 9.59 Å². The fourth-order valence-electron chi connectivity index (χ4n) is 1.33. The number of amides is 3. The van der Waals surface area contributed by atoms with Crippen molar-refractivity contribution in [2.75, 3.05) is 13.1 Å². The highest BCUT2D eigenvalue weighted by Gasteiger charge is 2.09. The van der Waals surface area contributed by atoms with Gasteiger partial charge in [0.05, 0.1) is 6.54 Å². The fraction of sp³-hybridized carbons (Fsp3) is 0.750. The number of hydrogen-bond donors (Lipinski definition) is 4. The molecule has 110 valence electrons. The molecule has 0 aliphatic carbocycles. The van der Waals surface area contributed by atoms with Crippen LogP contribution >= 0.6 is 0 Å². The lowest BCUT2D eigenvalue weighted by Gasteiger charge is -2.13. The van der Waals surface area contributed by atoms with Crippen LogP contribution in [0.25, 0.3) is 0 Å². The van der Waals surface area contributed by atoms with Gasteiger partial charge in [0.25, 0.3) is 0 Å². The molecule has 1 atom stereocenters. The van der Waals surface area contributed by atoms with Gasteiger partial charge >= 0.3 is 12.0 Å². The standard InChI is InChI=1S/C12H23N3O4/c1-8(2)15-10(16)7-14-12(19)13-6-9(3)4-5-11(17)18/h8-9H,4-7H2,1-3H3,(H,15,16)(H,17,18)(H2,13,14,19). The Morgan fingerprint density at radius 3 is 2.26 bits per heavy atom. The second-order valence-corrected chi connectivity index (χ2v) is 4.82. The summed E-state index contributed by atoms with van der Waals surface area (Å²) in [7, 11) is 0. The summed E-state index contributed by atoms with van der Waals surface area (Å²) < 4.78 is 0. The minimum Gasteiger partial charge on any atom is -0.481 e. The van der Waals surface area contributed by atoms with Gasteiger partial charge in [-0.1, -0.05) is 6.92 Å². The van der Waals surface area contributed by atoms with E-state index in [-0.39, 0.29) is 30.8 Å². The Kier molecular flexibility index (Phi) is 8.32. The lowest BCUT2D eigenvalue weighted by Crippen LogP contribution is -2.44. The third-order valence-electron chi connectivity index (χ3n) is 2.32. The summed E-state index contributed by atoms with van der Waals surface area (Å²) in [5, 5.41) is 16.2. The van der Waals surface area contributed by atoms with Crippen LogP contribution in [0.4, 0.5) is 4.79 Å². The molecule has 0 saturated carbocycles. The molecule has 4 N–H and O–H groups in total.